The van der Waals surface area contributed by atoms with E-state index in [1.54, 1.807) is 0 Å². The molecule has 1 aliphatic rings. The van der Waals surface area contributed by atoms with Gasteiger partial charge in [0.25, 0.3) is 0 Å². The van der Waals surface area contributed by atoms with E-state index in [-0.39, 0.29) is 0 Å². The van der Waals surface area contributed by atoms with E-state index in [1.807, 2.05) is 0 Å². The molecule has 1 atom stereocenters. The number of hydrogen-bond donors (Lipinski definition) is 0. The standard InChI is InChI=1S/C47H33NO/c1-30-18-24-39-42-27-34-14-9-17-43(41(34)29-46(42)49-45(39)26-30)48(36-22-19-32(20-23-36)31-10-3-2-4-11-31)44-28-35-13-6-7-15-37(35)40-25-21-33-12-5-8-16-38(33)47(40)44/h2-17,19-30H,18H2,1H3. The molecule has 0 aliphatic heterocycles. The average Bonchev–Trinajstić information content (AvgIpc) is 3.50. The zero-order valence-electron chi connectivity index (χ0n) is 27.2. The van der Waals surface area contributed by atoms with Crippen LogP contribution in [0.1, 0.15) is 13.3 Å². The Morgan fingerprint density at radius 2 is 1.24 bits per heavy atom. The molecule has 0 fully saturated rings. The Morgan fingerprint density at radius 3 is 2.10 bits per heavy atom. The van der Waals surface area contributed by atoms with Gasteiger partial charge in [-0.15, -0.1) is 0 Å². The number of benzene rings is 8. The van der Waals surface area contributed by atoms with Crippen LogP contribution in [0, 0.1) is 5.92 Å². The second-order valence-corrected chi connectivity index (χ2v) is 13.4. The molecule has 1 heterocycles. The quantitative estimate of drug-likeness (QED) is 0.181. The molecule has 8 aromatic carbocycles. The first-order valence-corrected chi connectivity index (χ1v) is 17.2. The van der Waals surface area contributed by atoms with Crippen molar-refractivity contribution < 1.29 is 4.42 Å². The van der Waals surface area contributed by atoms with Gasteiger partial charge in [-0.25, -0.2) is 0 Å². The average molecular weight is 628 g/mol. The summed E-state index contributed by atoms with van der Waals surface area (Å²) in [5.74, 6) is 0.475. The van der Waals surface area contributed by atoms with Gasteiger partial charge in [-0.3, -0.25) is 0 Å². The third kappa shape index (κ3) is 4.48. The highest BCUT2D eigenvalue weighted by atomic mass is 16.3. The largest absolute Gasteiger partial charge is 0.456 e. The predicted molar refractivity (Wildman–Crippen MR) is 208 cm³/mol. The van der Waals surface area contributed by atoms with E-state index in [0.29, 0.717) is 5.92 Å². The molecule has 232 valence electrons. The summed E-state index contributed by atoms with van der Waals surface area (Å²) < 4.78 is 6.56. The molecule has 1 unspecified atom stereocenters. The molecule has 0 saturated carbocycles. The predicted octanol–water partition coefficient (Wildman–Crippen LogP) is 11.8. The van der Waals surface area contributed by atoms with Crippen molar-refractivity contribution >= 4 is 83.3 Å². The highest BCUT2D eigenvalue weighted by Gasteiger charge is 2.22. The molecule has 10 rings (SSSR count). The minimum Gasteiger partial charge on any atom is -0.456 e. The van der Waals surface area contributed by atoms with Gasteiger partial charge in [0.1, 0.15) is 11.0 Å². The Kier molecular flexibility index (Phi) is 6.25. The van der Waals surface area contributed by atoms with Gasteiger partial charge < -0.3 is 9.32 Å². The molecule has 2 nitrogen and oxygen atoms in total. The summed E-state index contributed by atoms with van der Waals surface area (Å²) in [5, 5.41) is 12.2. The number of fused-ring (bicyclic) bond motifs is 9. The maximum Gasteiger partial charge on any atom is 0.136 e. The fourth-order valence-electron chi connectivity index (χ4n) is 7.93. The van der Waals surface area contributed by atoms with Crippen LogP contribution < -0.4 is 15.5 Å². The first kappa shape index (κ1) is 27.9. The second-order valence-electron chi connectivity index (χ2n) is 13.4. The van der Waals surface area contributed by atoms with Crippen molar-refractivity contribution in [2.75, 3.05) is 4.90 Å². The smallest absolute Gasteiger partial charge is 0.136 e. The van der Waals surface area contributed by atoms with Crippen molar-refractivity contribution in [1.29, 1.82) is 0 Å². The van der Waals surface area contributed by atoms with Gasteiger partial charge in [0.15, 0.2) is 0 Å². The van der Waals surface area contributed by atoms with E-state index < -0.39 is 0 Å². The van der Waals surface area contributed by atoms with E-state index in [2.05, 4.69) is 176 Å². The van der Waals surface area contributed by atoms with Crippen molar-refractivity contribution in [2.45, 2.75) is 13.3 Å². The van der Waals surface area contributed by atoms with Crippen LogP contribution in [-0.4, -0.2) is 0 Å². The summed E-state index contributed by atoms with van der Waals surface area (Å²) in [6.07, 6.45) is 5.65. The Labute approximate surface area is 284 Å². The van der Waals surface area contributed by atoms with Crippen molar-refractivity contribution in [1.82, 2.24) is 0 Å². The van der Waals surface area contributed by atoms with Crippen molar-refractivity contribution in [3.63, 3.8) is 0 Å². The monoisotopic (exact) mass is 627 g/mol. The molecular formula is C47H33NO. The van der Waals surface area contributed by atoms with Gasteiger partial charge in [0.2, 0.25) is 0 Å². The fourth-order valence-corrected chi connectivity index (χ4v) is 7.93. The van der Waals surface area contributed by atoms with E-state index in [1.165, 1.54) is 59.4 Å². The summed E-state index contributed by atoms with van der Waals surface area (Å²) >= 11 is 0. The van der Waals surface area contributed by atoms with Crippen LogP contribution in [0.25, 0.3) is 77.3 Å². The Balaban J connectivity index is 1.31. The lowest BCUT2D eigenvalue weighted by Crippen LogP contribution is -2.24. The van der Waals surface area contributed by atoms with Crippen LogP contribution in [0.2, 0.25) is 0 Å². The van der Waals surface area contributed by atoms with Crippen LogP contribution in [0.15, 0.2) is 156 Å². The summed E-state index contributed by atoms with van der Waals surface area (Å²) in [6.45, 7) is 2.25. The molecule has 0 radical (unpaired) electrons. The van der Waals surface area contributed by atoms with Gasteiger partial charge in [-0.05, 0) is 98.3 Å². The number of nitrogens with zero attached hydrogens (tertiary/aromatic N) is 1. The third-order valence-electron chi connectivity index (χ3n) is 10.3. The normalized spacial score (nSPS) is 14.3. The summed E-state index contributed by atoms with van der Waals surface area (Å²) in [5.41, 5.74) is 7.70. The van der Waals surface area contributed by atoms with E-state index in [4.69, 9.17) is 4.42 Å². The molecule has 1 aromatic heterocycles. The molecule has 0 bridgehead atoms. The van der Waals surface area contributed by atoms with Gasteiger partial charge in [0, 0.05) is 27.1 Å². The Hall–Kier alpha value is -6.12. The highest BCUT2D eigenvalue weighted by Crippen LogP contribution is 2.47. The lowest BCUT2D eigenvalue weighted by atomic mass is 9.94. The van der Waals surface area contributed by atoms with Gasteiger partial charge in [0.05, 0.1) is 11.4 Å². The van der Waals surface area contributed by atoms with Crippen molar-refractivity contribution in [3.05, 3.63) is 162 Å². The number of hydrogen-bond acceptors (Lipinski definition) is 2. The van der Waals surface area contributed by atoms with Crippen LogP contribution in [0.4, 0.5) is 17.1 Å². The number of anilines is 3. The summed E-state index contributed by atoms with van der Waals surface area (Å²) in [6, 6.07) is 55.4. The zero-order valence-corrected chi connectivity index (χ0v) is 27.2. The molecule has 0 amide bonds. The first-order chi connectivity index (χ1) is 24.2. The van der Waals surface area contributed by atoms with Gasteiger partial charge >= 0.3 is 0 Å². The summed E-state index contributed by atoms with van der Waals surface area (Å²) in [7, 11) is 0. The van der Waals surface area contributed by atoms with Gasteiger partial charge in [-0.1, -0.05) is 128 Å². The van der Waals surface area contributed by atoms with Crippen molar-refractivity contribution in [2.24, 2.45) is 5.92 Å². The first-order valence-electron chi connectivity index (χ1n) is 17.2. The van der Waals surface area contributed by atoms with Crippen LogP contribution in [0.5, 0.6) is 0 Å². The fraction of sp³-hybridized carbons (Fsp3) is 0.0638. The zero-order chi connectivity index (χ0) is 32.5. The van der Waals surface area contributed by atoms with Gasteiger partial charge in [-0.2, -0.15) is 0 Å². The topological polar surface area (TPSA) is 16.4 Å². The molecule has 1 aliphatic carbocycles. The maximum atomic E-state index is 6.56. The maximum absolute atomic E-state index is 6.56. The van der Waals surface area contributed by atoms with E-state index >= 15 is 0 Å². The second kappa shape index (κ2) is 11.0. The minimum absolute atomic E-state index is 0.475. The van der Waals surface area contributed by atoms with Crippen LogP contribution in [-0.2, 0) is 0 Å². The lowest BCUT2D eigenvalue weighted by molar-refractivity contribution is 0.565. The summed E-state index contributed by atoms with van der Waals surface area (Å²) in [4.78, 5) is 2.47. The number of furan rings is 1. The van der Waals surface area contributed by atoms with E-state index in [0.717, 1.165) is 39.9 Å². The molecule has 0 N–H and O–H groups in total. The SMILES string of the molecule is CC1C=c2oc3cc4c(N(c5ccc(-c6ccccc6)cc5)c5cc6ccccc6c6ccc7ccccc7c56)cccc4cc3c2=CC1. The van der Waals surface area contributed by atoms with E-state index in [9.17, 15) is 0 Å². The molecular weight excluding hydrogens is 595 g/mol. The van der Waals surface area contributed by atoms with Crippen molar-refractivity contribution in [3.8, 4) is 11.1 Å². The minimum atomic E-state index is 0.475. The molecule has 0 spiro atoms. The lowest BCUT2D eigenvalue weighted by Gasteiger charge is -2.29. The Bertz CT molecular complexity index is 2860. The molecule has 2 heteroatoms. The number of rotatable bonds is 4. The Morgan fingerprint density at radius 1 is 0.531 bits per heavy atom. The molecule has 9 aromatic rings. The third-order valence-corrected chi connectivity index (χ3v) is 10.3. The highest BCUT2D eigenvalue weighted by molar-refractivity contribution is 6.24. The van der Waals surface area contributed by atoms with Crippen LogP contribution >= 0.6 is 0 Å². The molecule has 49 heavy (non-hydrogen) atoms. The van der Waals surface area contributed by atoms with Crippen LogP contribution in [0.3, 0.4) is 0 Å². The molecule has 0 saturated heterocycles.